The van der Waals surface area contributed by atoms with E-state index < -0.39 is 0 Å². The van der Waals surface area contributed by atoms with E-state index in [-0.39, 0.29) is 5.92 Å². The van der Waals surface area contributed by atoms with Crippen LogP contribution in [0.4, 0.5) is 0 Å². The number of hydrogen-bond donors (Lipinski definition) is 0. The van der Waals surface area contributed by atoms with E-state index in [1.54, 1.807) is 6.26 Å². The van der Waals surface area contributed by atoms with E-state index in [4.69, 9.17) is 9.15 Å². The van der Waals surface area contributed by atoms with Gasteiger partial charge in [-0.2, -0.15) is 0 Å². The molecule has 1 amide bonds. The second kappa shape index (κ2) is 7.97. The van der Waals surface area contributed by atoms with Crippen molar-refractivity contribution >= 4 is 5.91 Å². The first-order valence-electron chi connectivity index (χ1n) is 8.91. The quantitative estimate of drug-likeness (QED) is 0.808. The fourth-order valence-electron chi connectivity index (χ4n) is 3.75. The van der Waals surface area contributed by atoms with Crippen molar-refractivity contribution in [3.63, 3.8) is 0 Å². The zero-order chi connectivity index (χ0) is 16.1. The molecule has 1 aromatic rings. The Balaban J connectivity index is 1.47. The average Bonchev–Trinajstić information content (AvgIpc) is 3.24. The Morgan fingerprint density at radius 1 is 1.30 bits per heavy atom. The van der Waals surface area contributed by atoms with Crippen LogP contribution in [0.5, 0.6) is 0 Å². The van der Waals surface area contributed by atoms with Gasteiger partial charge in [0.1, 0.15) is 5.76 Å². The number of likely N-dealkylation sites (tertiary alicyclic amines) is 2. The first-order chi connectivity index (χ1) is 11.3. The standard InChI is InChI=1S/C18H28N2O3/c1-2-22-14-16-5-3-9-20(16)18(21)15-7-10-19(11-8-15)13-17-6-4-12-23-17/h4,6,12,15-16H,2-3,5,7-11,13-14H2,1H3/t16-/m0/s1. The molecular weight excluding hydrogens is 292 g/mol. The number of rotatable bonds is 6. The highest BCUT2D eigenvalue weighted by molar-refractivity contribution is 5.79. The number of piperidine rings is 1. The summed E-state index contributed by atoms with van der Waals surface area (Å²) in [4.78, 5) is 17.3. The zero-order valence-electron chi connectivity index (χ0n) is 14.1. The molecule has 5 nitrogen and oxygen atoms in total. The van der Waals surface area contributed by atoms with Crippen molar-refractivity contribution in [3.8, 4) is 0 Å². The maximum atomic E-state index is 12.8. The maximum absolute atomic E-state index is 12.8. The number of furan rings is 1. The Morgan fingerprint density at radius 3 is 2.83 bits per heavy atom. The van der Waals surface area contributed by atoms with Crippen LogP contribution in [0.2, 0.25) is 0 Å². The summed E-state index contributed by atoms with van der Waals surface area (Å²) in [5, 5.41) is 0. The van der Waals surface area contributed by atoms with Crippen molar-refractivity contribution in [2.45, 2.75) is 45.2 Å². The zero-order valence-corrected chi connectivity index (χ0v) is 14.1. The molecular formula is C18H28N2O3. The molecule has 2 aliphatic heterocycles. The number of hydrogen-bond acceptors (Lipinski definition) is 4. The molecule has 0 bridgehead atoms. The summed E-state index contributed by atoms with van der Waals surface area (Å²) in [6, 6.07) is 4.24. The fourth-order valence-corrected chi connectivity index (χ4v) is 3.75. The Bertz CT molecular complexity index is 480. The van der Waals surface area contributed by atoms with Crippen LogP contribution in [0, 0.1) is 5.92 Å². The highest BCUT2D eigenvalue weighted by Crippen LogP contribution is 2.26. The molecule has 0 unspecified atom stereocenters. The molecule has 2 saturated heterocycles. The molecule has 0 spiro atoms. The number of amides is 1. The normalized spacial score (nSPS) is 23.5. The highest BCUT2D eigenvalue weighted by atomic mass is 16.5. The lowest BCUT2D eigenvalue weighted by atomic mass is 9.95. The van der Waals surface area contributed by atoms with E-state index in [0.29, 0.717) is 18.6 Å². The molecule has 1 atom stereocenters. The summed E-state index contributed by atoms with van der Waals surface area (Å²) in [6.45, 7) is 7.13. The van der Waals surface area contributed by atoms with Gasteiger partial charge in [0.25, 0.3) is 0 Å². The molecule has 0 radical (unpaired) electrons. The Hall–Kier alpha value is -1.33. The topological polar surface area (TPSA) is 45.9 Å². The minimum Gasteiger partial charge on any atom is -0.468 e. The minimum absolute atomic E-state index is 0.185. The van der Waals surface area contributed by atoms with Crippen LogP contribution in [0.1, 0.15) is 38.4 Å². The lowest BCUT2D eigenvalue weighted by Gasteiger charge is -2.34. The molecule has 0 saturated carbocycles. The molecule has 5 heteroatoms. The summed E-state index contributed by atoms with van der Waals surface area (Å²) < 4.78 is 11.0. The van der Waals surface area contributed by atoms with Gasteiger partial charge < -0.3 is 14.1 Å². The summed E-state index contributed by atoms with van der Waals surface area (Å²) in [6.07, 6.45) is 5.83. The van der Waals surface area contributed by atoms with E-state index in [9.17, 15) is 4.79 Å². The van der Waals surface area contributed by atoms with Gasteiger partial charge in [-0.3, -0.25) is 9.69 Å². The number of ether oxygens (including phenoxy) is 1. The maximum Gasteiger partial charge on any atom is 0.226 e. The molecule has 0 aliphatic carbocycles. The molecule has 1 aromatic heterocycles. The lowest BCUT2D eigenvalue weighted by Crippen LogP contribution is -2.45. The minimum atomic E-state index is 0.185. The van der Waals surface area contributed by atoms with Gasteiger partial charge in [0.15, 0.2) is 0 Å². The van der Waals surface area contributed by atoms with Crippen LogP contribution in [0.25, 0.3) is 0 Å². The van der Waals surface area contributed by atoms with Gasteiger partial charge in [0.05, 0.1) is 25.5 Å². The third-order valence-electron chi connectivity index (χ3n) is 5.07. The third kappa shape index (κ3) is 4.15. The van der Waals surface area contributed by atoms with Gasteiger partial charge in [-0.25, -0.2) is 0 Å². The first-order valence-corrected chi connectivity index (χ1v) is 8.91. The lowest BCUT2D eigenvalue weighted by molar-refractivity contribution is -0.139. The van der Waals surface area contributed by atoms with Crippen LogP contribution in [0.15, 0.2) is 22.8 Å². The highest BCUT2D eigenvalue weighted by Gasteiger charge is 2.34. The van der Waals surface area contributed by atoms with Crippen LogP contribution < -0.4 is 0 Å². The van der Waals surface area contributed by atoms with E-state index in [1.165, 1.54) is 0 Å². The van der Waals surface area contributed by atoms with Gasteiger partial charge in [-0.05, 0) is 57.8 Å². The second-order valence-corrected chi connectivity index (χ2v) is 6.62. The van der Waals surface area contributed by atoms with Crippen LogP contribution in [-0.2, 0) is 16.1 Å². The van der Waals surface area contributed by atoms with Gasteiger partial charge in [-0.1, -0.05) is 0 Å². The fraction of sp³-hybridized carbons (Fsp3) is 0.722. The van der Waals surface area contributed by atoms with E-state index in [2.05, 4.69) is 9.80 Å². The average molecular weight is 320 g/mol. The van der Waals surface area contributed by atoms with Crippen molar-refractivity contribution in [2.75, 3.05) is 32.8 Å². The van der Waals surface area contributed by atoms with Crippen LogP contribution >= 0.6 is 0 Å². The first kappa shape index (κ1) is 16.5. The third-order valence-corrected chi connectivity index (χ3v) is 5.07. The summed E-state index contributed by atoms with van der Waals surface area (Å²) in [5.41, 5.74) is 0. The number of carbonyl (C=O) groups is 1. The molecule has 0 N–H and O–H groups in total. The molecule has 0 aromatic carbocycles. The summed E-state index contributed by atoms with van der Waals surface area (Å²) in [5.74, 6) is 1.54. The Morgan fingerprint density at radius 2 is 2.13 bits per heavy atom. The van der Waals surface area contributed by atoms with Crippen molar-refractivity contribution in [1.82, 2.24) is 9.80 Å². The molecule has 2 aliphatic rings. The monoisotopic (exact) mass is 320 g/mol. The number of nitrogens with zero attached hydrogens (tertiary/aromatic N) is 2. The van der Waals surface area contributed by atoms with Gasteiger partial charge >= 0.3 is 0 Å². The molecule has 3 heterocycles. The van der Waals surface area contributed by atoms with Crippen molar-refractivity contribution < 1.29 is 13.9 Å². The van der Waals surface area contributed by atoms with Crippen molar-refractivity contribution in [2.24, 2.45) is 5.92 Å². The van der Waals surface area contributed by atoms with Crippen molar-refractivity contribution in [3.05, 3.63) is 24.2 Å². The Labute approximate surface area is 138 Å². The second-order valence-electron chi connectivity index (χ2n) is 6.62. The number of carbonyl (C=O) groups excluding carboxylic acids is 1. The Kier molecular flexibility index (Phi) is 5.73. The molecule has 23 heavy (non-hydrogen) atoms. The SMILES string of the molecule is CCOC[C@@H]1CCCN1C(=O)C1CCN(Cc2ccco2)CC1. The predicted octanol–water partition coefficient (Wildman–Crippen LogP) is 2.52. The summed E-state index contributed by atoms with van der Waals surface area (Å²) >= 11 is 0. The van der Waals surface area contributed by atoms with Crippen LogP contribution in [-0.4, -0.2) is 54.6 Å². The van der Waals surface area contributed by atoms with Gasteiger partial charge in [0, 0.05) is 19.1 Å². The van der Waals surface area contributed by atoms with Crippen LogP contribution in [0.3, 0.4) is 0 Å². The van der Waals surface area contributed by atoms with Crippen molar-refractivity contribution in [1.29, 1.82) is 0 Å². The van der Waals surface area contributed by atoms with E-state index in [1.807, 2.05) is 19.1 Å². The van der Waals surface area contributed by atoms with Gasteiger partial charge in [0.2, 0.25) is 5.91 Å². The summed E-state index contributed by atoms with van der Waals surface area (Å²) in [7, 11) is 0. The largest absolute Gasteiger partial charge is 0.468 e. The predicted molar refractivity (Wildman–Crippen MR) is 87.9 cm³/mol. The van der Waals surface area contributed by atoms with Gasteiger partial charge in [-0.15, -0.1) is 0 Å². The van der Waals surface area contributed by atoms with E-state index in [0.717, 1.165) is 64.2 Å². The molecule has 128 valence electrons. The molecule has 2 fully saturated rings. The van der Waals surface area contributed by atoms with E-state index >= 15 is 0 Å². The molecule has 3 rings (SSSR count). The smallest absolute Gasteiger partial charge is 0.226 e.